The van der Waals surface area contributed by atoms with Crippen molar-refractivity contribution in [3.8, 4) is 5.75 Å². The smallest absolute Gasteiger partial charge is 0.387 e. The van der Waals surface area contributed by atoms with Crippen molar-refractivity contribution in [2.45, 2.75) is 51.3 Å². The van der Waals surface area contributed by atoms with Gasteiger partial charge in [-0.05, 0) is 25.3 Å². The van der Waals surface area contributed by atoms with Gasteiger partial charge in [-0.15, -0.1) is 0 Å². The van der Waals surface area contributed by atoms with Gasteiger partial charge in [0.1, 0.15) is 5.75 Å². The quantitative estimate of drug-likeness (QED) is 0.575. The molecule has 2 aliphatic rings. The Morgan fingerprint density at radius 1 is 1.29 bits per heavy atom. The molecule has 1 saturated heterocycles. The number of carbonyl (C=O) groups excluding carboxylic acids is 1. The molecule has 1 aromatic rings. The summed E-state index contributed by atoms with van der Waals surface area (Å²) in [6.07, 6.45) is 5.19. The van der Waals surface area contributed by atoms with E-state index in [4.69, 9.17) is 0 Å². The highest BCUT2D eigenvalue weighted by Gasteiger charge is 2.32. The number of aliphatic imine (C=N–C) groups is 1. The van der Waals surface area contributed by atoms with Crippen LogP contribution in [-0.2, 0) is 11.3 Å². The Morgan fingerprint density at radius 3 is 2.75 bits per heavy atom. The third-order valence-electron chi connectivity index (χ3n) is 5.40. The van der Waals surface area contributed by atoms with Gasteiger partial charge in [0.25, 0.3) is 0 Å². The predicted molar refractivity (Wildman–Crippen MR) is 103 cm³/mol. The highest BCUT2D eigenvalue weighted by Crippen LogP contribution is 2.28. The molecular weight excluding hydrogens is 366 g/mol. The number of rotatable bonds is 6. The maximum atomic E-state index is 12.6. The Bertz CT molecular complexity index is 693. The molecular formula is C20H28F2N4O2. The van der Waals surface area contributed by atoms with E-state index in [0.717, 1.165) is 38.6 Å². The maximum Gasteiger partial charge on any atom is 0.387 e. The molecule has 1 atom stereocenters. The monoisotopic (exact) mass is 394 g/mol. The van der Waals surface area contributed by atoms with Crippen LogP contribution in [0.4, 0.5) is 8.78 Å². The van der Waals surface area contributed by atoms with Crippen LogP contribution in [0, 0.1) is 5.92 Å². The Hall–Kier alpha value is -2.38. The number of ether oxygens (including phenoxy) is 1. The van der Waals surface area contributed by atoms with Crippen LogP contribution in [0.15, 0.2) is 29.3 Å². The first kappa shape index (κ1) is 20.4. The average molecular weight is 394 g/mol. The molecule has 2 fully saturated rings. The van der Waals surface area contributed by atoms with Gasteiger partial charge in [0.05, 0.1) is 0 Å². The summed E-state index contributed by atoms with van der Waals surface area (Å²) in [6.45, 7) is -1.13. The van der Waals surface area contributed by atoms with E-state index in [2.05, 4.69) is 20.4 Å². The number of hydrogen-bond acceptors (Lipinski definition) is 3. The van der Waals surface area contributed by atoms with E-state index in [-0.39, 0.29) is 23.6 Å². The Balaban J connectivity index is 1.50. The maximum absolute atomic E-state index is 12.6. The van der Waals surface area contributed by atoms with Gasteiger partial charge >= 0.3 is 6.61 Å². The average Bonchev–Trinajstić information content (AvgIpc) is 3.37. The molecule has 1 aliphatic carbocycles. The van der Waals surface area contributed by atoms with Crippen LogP contribution < -0.4 is 15.4 Å². The summed E-state index contributed by atoms with van der Waals surface area (Å²) in [5.74, 6) is 1.20. The number of halogens is 2. The molecule has 154 valence electrons. The lowest BCUT2D eigenvalue weighted by atomic mass is 10.1. The molecule has 28 heavy (non-hydrogen) atoms. The van der Waals surface area contributed by atoms with Crippen LogP contribution in [0.25, 0.3) is 0 Å². The second kappa shape index (κ2) is 9.71. The number of para-hydroxylation sites is 1. The lowest BCUT2D eigenvalue weighted by molar-refractivity contribution is -0.134. The standard InChI is InChI=1S/C20H28F2N4O2/c1-23-20(24-12-15-8-4-5-9-17(15)28-19(21)22)25-16-10-11-26(13-16)18(27)14-6-2-3-7-14/h4-5,8-9,14,16,19H,2-3,6-7,10-13H2,1H3,(H2,23,24,25). The molecule has 1 heterocycles. The summed E-state index contributed by atoms with van der Waals surface area (Å²) in [7, 11) is 1.66. The summed E-state index contributed by atoms with van der Waals surface area (Å²) in [5.41, 5.74) is 0.621. The van der Waals surface area contributed by atoms with E-state index in [1.54, 1.807) is 25.2 Å². The number of nitrogens with one attached hydrogen (secondary N) is 2. The third kappa shape index (κ3) is 5.33. The third-order valence-corrected chi connectivity index (χ3v) is 5.40. The molecule has 1 aliphatic heterocycles. The van der Waals surface area contributed by atoms with E-state index < -0.39 is 6.61 Å². The Labute approximate surface area is 164 Å². The van der Waals surface area contributed by atoms with E-state index in [1.807, 2.05) is 4.90 Å². The molecule has 1 unspecified atom stereocenters. The number of carbonyl (C=O) groups is 1. The second-order valence-electron chi connectivity index (χ2n) is 7.31. The van der Waals surface area contributed by atoms with Crippen LogP contribution >= 0.6 is 0 Å². The molecule has 2 N–H and O–H groups in total. The minimum Gasteiger partial charge on any atom is -0.434 e. The number of guanidine groups is 1. The SMILES string of the molecule is CN=C(NCc1ccccc1OC(F)F)NC1CCN(C(=O)C2CCCC2)C1. The number of hydrogen-bond donors (Lipinski definition) is 2. The highest BCUT2D eigenvalue weighted by molar-refractivity contribution is 5.81. The first-order chi connectivity index (χ1) is 13.6. The highest BCUT2D eigenvalue weighted by atomic mass is 19.3. The molecule has 1 amide bonds. The van der Waals surface area contributed by atoms with Gasteiger partial charge in [-0.2, -0.15) is 8.78 Å². The first-order valence-corrected chi connectivity index (χ1v) is 9.85. The number of benzene rings is 1. The van der Waals surface area contributed by atoms with Gasteiger partial charge in [-0.25, -0.2) is 0 Å². The summed E-state index contributed by atoms with van der Waals surface area (Å²) in [5, 5.41) is 6.46. The van der Waals surface area contributed by atoms with Gasteiger partial charge in [0.2, 0.25) is 5.91 Å². The molecule has 8 heteroatoms. The van der Waals surface area contributed by atoms with Crippen molar-refractivity contribution in [3.05, 3.63) is 29.8 Å². The van der Waals surface area contributed by atoms with Crippen LogP contribution in [0.5, 0.6) is 5.75 Å². The van der Waals surface area contributed by atoms with Crippen molar-refractivity contribution < 1.29 is 18.3 Å². The molecule has 0 aromatic heterocycles. The van der Waals surface area contributed by atoms with Crippen molar-refractivity contribution in [2.75, 3.05) is 20.1 Å². The van der Waals surface area contributed by atoms with E-state index in [1.165, 1.54) is 6.07 Å². The molecule has 0 spiro atoms. The zero-order chi connectivity index (χ0) is 19.9. The number of likely N-dealkylation sites (tertiary alicyclic amines) is 1. The van der Waals surface area contributed by atoms with Crippen molar-refractivity contribution in [1.29, 1.82) is 0 Å². The van der Waals surface area contributed by atoms with Gasteiger partial charge in [0.15, 0.2) is 5.96 Å². The van der Waals surface area contributed by atoms with E-state index >= 15 is 0 Å². The number of nitrogens with zero attached hydrogens (tertiary/aromatic N) is 2. The first-order valence-electron chi connectivity index (χ1n) is 9.85. The van der Waals surface area contributed by atoms with Gasteiger partial charge < -0.3 is 20.3 Å². The van der Waals surface area contributed by atoms with Crippen molar-refractivity contribution >= 4 is 11.9 Å². The molecule has 6 nitrogen and oxygen atoms in total. The molecule has 1 aromatic carbocycles. The molecule has 0 bridgehead atoms. The molecule has 0 radical (unpaired) electrons. The zero-order valence-electron chi connectivity index (χ0n) is 16.2. The summed E-state index contributed by atoms with van der Waals surface area (Å²) in [6, 6.07) is 6.81. The van der Waals surface area contributed by atoms with Crippen LogP contribution in [-0.4, -0.2) is 49.6 Å². The largest absolute Gasteiger partial charge is 0.434 e. The van der Waals surface area contributed by atoms with E-state index in [9.17, 15) is 13.6 Å². The second-order valence-corrected chi connectivity index (χ2v) is 7.31. The molecule has 1 saturated carbocycles. The fourth-order valence-electron chi connectivity index (χ4n) is 3.94. The lowest BCUT2D eigenvalue weighted by Gasteiger charge is -2.21. The van der Waals surface area contributed by atoms with Gasteiger partial charge in [0, 0.05) is 44.2 Å². The Kier molecular flexibility index (Phi) is 7.06. The summed E-state index contributed by atoms with van der Waals surface area (Å²) < 4.78 is 29.6. The van der Waals surface area contributed by atoms with Crippen molar-refractivity contribution in [3.63, 3.8) is 0 Å². The summed E-state index contributed by atoms with van der Waals surface area (Å²) in [4.78, 5) is 18.7. The normalized spacial score (nSPS) is 20.6. The van der Waals surface area contributed by atoms with Crippen LogP contribution in [0.1, 0.15) is 37.7 Å². The van der Waals surface area contributed by atoms with Gasteiger partial charge in [-0.3, -0.25) is 9.79 Å². The number of amides is 1. The van der Waals surface area contributed by atoms with Gasteiger partial charge in [-0.1, -0.05) is 31.0 Å². The minimum atomic E-state index is -2.86. The minimum absolute atomic E-state index is 0.129. The van der Waals surface area contributed by atoms with Crippen LogP contribution in [0.2, 0.25) is 0 Å². The predicted octanol–water partition coefficient (Wildman–Crippen LogP) is 2.74. The fraction of sp³-hybridized carbons (Fsp3) is 0.600. The fourth-order valence-corrected chi connectivity index (χ4v) is 3.94. The zero-order valence-corrected chi connectivity index (χ0v) is 16.2. The van der Waals surface area contributed by atoms with Crippen molar-refractivity contribution in [2.24, 2.45) is 10.9 Å². The lowest BCUT2D eigenvalue weighted by Crippen LogP contribution is -2.45. The summed E-state index contributed by atoms with van der Waals surface area (Å²) >= 11 is 0. The van der Waals surface area contributed by atoms with Crippen LogP contribution in [0.3, 0.4) is 0 Å². The number of alkyl halides is 2. The van der Waals surface area contributed by atoms with E-state index in [0.29, 0.717) is 24.6 Å². The molecule has 3 rings (SSSR count). The Morgan fingerprint density at radius 2 is 2.04 bits per heavy atom. The topological polar surface area (TPSA) is 66.0 Å². The van der Waals surface area contributed by atoms with Crippen molar-refractivity contribution in [1.82, 2.24) is 15.5 Å².